The normalized spacial score (nSPS) is 17.6. The summed E-state index contributed by atoms with van der Waals surface area (Å²) in [6, 6.07) is 1.08. The van der Waals surface area contributed by atoms with E-state index < -0.39 is 23.5 Å². The third kappa shape index (κ3) is 3.49. The molecule has 0 aliphatic carbocycles. The summed E-state index contributed by atoms with van der Waals surface area (Å²) in [5.41, 5.74) is 0.00407. The first kappa shape index (κ1) is 16.0. The zero-order chi connectivity index (χ0) is 13.1. The van der Waals surface area contributed by atoms with Crippen LogP contribution in [0.15, 0.2) is 24.8 Å². The molecule has 1 aliphatic heterocycles. The van der Waals surface area contributed by atoms with Crippen LogP contribution >= 0.6 is 12.4 Å². The minimum absolute atomic E-state index is 0. The molecule has 1 aliphatic rings. The van der Waals surface area contributed by atoms with Crippen molar-refractivity contribution in [2.45, 2.75) is 6.04 Å². The standard InChI is InChI=1S/C13H15F3N2.ClH/c1-2-12(18-5-3-17-4-6-18)10-7-9(14)8-11(15)13(10)16;/h2,7-8,12,17H,1,3-6H2;1H/t12-;/m1./s1. The fourth-order valence-corrected chi connectivity index (χ4v) is 2.22. The van der Waals surface area contributed by atoms with Gasteiger partial charge in [-0.15, -0.1) is 19.0 Å². The Balaban J connectivity index is 0.00000180. The van der Waals surface area contributed by atoms with Crippen molar-refractivity contribution in [1.82, 2.24) is 10.2 Å². The van der Waals surface area contributed by atoms with Gasteiger partial charge in [-0.1, -0.05) is 6.08 Å². The van der Waals surface area contributed by atoms with Crippen LogP contribution in [0.2, 0.25) is 0 Å². The van der Waals surface area contributed by atoms with Crippen molar-refractivity contribution >= 4 is 12.4 Å². The van der Waals surface area contributed by atoms with E-state index in [1.807, 2.05) is 4.90 Å². The van der Waals surface area contributed by atoms with Crippen LogP contribution in [0.3, 0.4) is 0 Å². The maximum atomic E-state index is 13.7. The van der Waals surface area contributed by atoms with Crippen LogP contribution in [0, 0.1) is 17.5 Å². The van der Waals surface area contributed by atoms with Crippen LogP contribution in [0.25, 0.3) is 0 Å². The van der Waals surface area contributed by atoms with Crippen molar-refractivity contribution in [2.75, 3.05) is 26.2 Å². The third-order valence-corrected chi connectivity index (χ3v) is 3.11. The zero-order valence-electron chi connectivity index (χ0n) is 10.3. The molecule has 1 aromatic carbocycles. The van der Waals surface area contributed by atoms with Gasteiger partial charge in [-0.25, -0.2) is 13.2 Å². The first-order chi connectivity index (χ1) is 8.63. The summed E-state index contributed by atoms with van der Waals surface area (Å²) < 4.78 is 40.2. The van der Waals surface area contributed by atoms with Crippen LogP contribution in [0.5, 0.6) is 0 Å². The molecule has 0 radical (unpaired) electrons. The summed E-state index contributed by atoms with van der Waals surface area (Å²) in [4.78, 5) is 1.95. The van der Waals surface area contributed by atoms with Gasteiger partial charge in [0.1, 0.15) is 5.82 Å². The molecule has 106 valence electrons. The van der Waals surface area contributed by atoms with Gasteiger partial charge in [0, 0.05) is 37.8 Å². The molecule has 2 nitrogen and oxygen atoms in total. The molecule has 6 heteroatoms. The summed E-state index contributed by atoms with van der Waals surface area (Å²) in [5.74, 6) is -2.93. The minimum Gasteiger partial charge on any atom is -0.314 e. The number of nitrogens with zero attached hydrogens (tertiary/aromatic N) is 1. The molecule has 2 rings (SSSR count). The summed E-state index contributed by atoms with van der Waals surface area (Å²) in [6.07, 6.45) is 1.52. The van der Waals surface area contributed by atoms with E-state index in [1.54, 1.807) is 0 Å². The number of nitrogens with one attached hydrogen (secondary N) is 1. The van der Waals surface area contributed by atoms with E-state index >= 15 is 0 Å². The van der Waals surface area contributed by atoms with Crippen molar-refractivity contribution in [1.29, 1.82) is 0 Å². The highest BCUT2D eigenvalue weighted by molar-refractivity contribution is 5.85. The number of rotatable bonds is 3. The van der Waals surface area contributed by atoms with Crippen molar-refractivity contribution < 1.29 is 13.2 Å². The lowest BCUT2D eigenvalue weighted by Gasteiger charge is -2.33. The van der Waals surface area contributed by atoms with Gasteiger partial charge in [-0.05, 0) is 6.07 Å². The van der Waals surface area contributed by atoms with Crippen molar-refractivity contribution in [3.63, 3.8) is 0 Å². The first-order valence-electron chi connectivity index (χ1n) is 5.85. The molecule has 1 fully saturated rings. The fraction of sp³-hybridized carbons (Fsp3) is 0.385. The number of hydrogen-bond donors (Lipinski definition) is 1. The molecule has 1 N–H and O–H groups in total. The summed E-state index contributed by atoms with van der Waals surface area (Å²) in [5, 5.41) is 3.16. The second-order valence-corrected chi connectivity index (χ2v) is 4.26. The number of benzene rings is 1. The topological polar surface area (TPSA) is 15.3 Å². The largest absolute Gasteiger partial charge is 0.314 e. The van der Waals surface area contributed by atoms with Crippen LogP contribution < -0.4 is 5.32 Å². The number of halogens is 4. The molecule has 0 unspecified atom stereocenters. The summed E-state index contributed by atoms with van der Waals surface area (Å²) in [6.45, 7) is 6.55. The predicted octanol–water partition coefficient (Wildman–Crippen LogP) is 2.66. The molecule has 0 bridgehead atoms. The highest BCUT2D eigenvalue weighted by Crippen LogP contribution is 2.27. The van der Waals surface area contributed by atoms with E-state index in [1.165, 1.54) is 6.08 Å². The Morgan fingerprint density at radius 2 is 1.84 bits per heavy atom. The lowest BCUT2D eigenvalue weighted by Crippen LogP contribution is -2.44. The van der Waals surface area contributed by atoms with Crippen LogP contribution in [-0.2, 0) is 0 Å². The Kier molecular flexibility index (Phi) is 5.85. The molecule has 1 heterocycles. The van der Waals surface area contributed by atoms with Crippen molar-refractivity contribution in [2.24, 2.45) is 0 Å². The number of hydrogen-bond acceptors (Lipinski definition) is 2. The quantitative estimate of drug-likeness (QED) is 0.681. The maximum absolute atomic E-state index is 13.7. The van der Waals surface area contributed by atoms with Gasteiger partial charge in [-0.3, -0.25) is 4.90 Å². The number of piperazine rings is 1. The molecule has 1 aromatic rings. The predicted molar refractivity (Wildman–Crippen MR) is 70.9 cm³/mol. The molecular weight excluding hydrogens is 277 g/mol. The van der Waals surface area contributed by atoms with E-state index in [-0.39, 0.29) is 18.0 Å². The smallest absolute Gasteiger partial charge is 0.164 e. The van der Waals surface area contributed by atoms with E-state index in [0.29, 0.717) is 19.2 Å². The van der Waals surface area contributed by atoms with Gasteiger partial charge in [0.2, 0.25) is 0 Å². The Bertz CT molecular complexity index is 448. The fourth-order valence-electron chi connectivity index (χ4n) is 2.22. The van der Waals surface area contributed by atoms with Gasteiger partial charge in [0.15, 0.2) is 11.6 Å². The lowest BCUT2D eigenvalue weighted by molar-refractivity contribution is 0.199. The zero-order valence-corrected chi connectivity index (χ0v) is 11.2. The van der Waals surface area contributed by atoms with Gasteiger partial charge >= 0.3 is 0 Å². The van der Waals surface area contributed by atoms with Crippen molar-refractivity contribution in [3.8, 4) is 0 Å². The van der Waals surface area contributed by atoms with Crippen molar-refractivity contribution in [3.05, 3.63) is 47.8 Å². The molecule has 0 saturated carbocycles. The molecule has 1 saturated heterocycles. The van der Waals surface area contributed by atoms with E-state index in [9.17, 15) is 13.2 Å². The lowest BCUT2D eigenvalue weighted by atomic mass is 10.0. The molecule has 1 atom stereocenters. The van der Waals surface area contributed by atoms with Gasteiger partial charge < -0.3 is 5.32 Å². The Morgan fingerprint density at radius 3 is 2.42 bits per heavy atom. The molecule has 0 amide bonds. The van der Waals surface area contributed by atoms with Gasteiger partial charge in [0.05, 0.1) is 6.04 Å². The average molecular weight is 293 g/mol. The summed E-state index contributed by atoms with van der Waals surface area (Å²) in [7, 11) is 0. The highest BCUT2D eigenvalue weighted by atomic mass is 35.5. The molecule has 19 heavy (non-hydrogen) atoms. The van der Waals surface area contributed by atoms with E-state index in [4.69, 9.17) is 0 Å². The monoisotopic (exact) mass is 292 g/mol. The average Bonchev–Trinajstić information content (AvgIpc) is 2.37. The van der Waals surface area contributed by atoms with Crippen LogP contribution in [0.4, 0.5) is 13.2 Å². The van der Waals surface area contributed by atoms with E-state index in [2.05, 4.69) is 11.9 Å². The van der Waals surface area contributed by atoms with Crippen LogP contribution in [0.1, 0.15) is 11.6 Å². The molecule has 0 spiro atoms. The molecule has 0 aromatic heterocycles. The Hall–Kier alpha value is -1.04. The highest BCUT2D eigenvalue weighted by Gasteiger charge is 2.24. The van der Waals surface area contributed by atoms with Gasteiger partial charge in [0.25, 0.3) is 0 Å². The summed E-state index contributed by atoms with van der Waals surface area (Å²) >= 11 is 0. The maximum Gasteiger partial charge on any atom is 0.164 e. The minimum atomic E-state index is -1.16. The Morgan fingerprint density at radius 1 is 1.21 bits per heavy atom. The second kappa shape index (κ2) is 6.93. The third-order valence-electron chi connectivity index (χ3n) is 3.11. The Labute approximate surface area is 116 Å². The first-order valence-corrected chi connectivity index (χ1v) is 5.85. The molecular formula is C13H16ClF3N2. The van der Waals surface area contributed by atoms with E-state index in [0.717, 1.165) is 19.2 Å². The second-order valence-electron chi connectivity index (χ2n) is 4.26. The SMILES string of the molecule is C=C[C@H](c1cc(F)cc(F)c1F)N1CCNCC1.Cl. The van der Waals surface area contributed by atoms with Gasteiger partial charge in [-0.2, -0.15) is 0 Å². The van der Waals surface area contributed by atoms with Crippen LogP contribution in [-0.4, -0.2) is 31.1 Å².